The number of nitrogens with zero attached hydrogens (tertiary/aromatic N) is 1. The third kappa shape index (κ3) is 2.94. The molecule has 0 saturated carbocycles. The number of carbonyl (C=O) groups is 1. The van der Waals surface area contributed by atoms with Gasteiger partial charge in [-0.05, 0) is 28.8 Å². The Morgan fingerprint density at radius 1 is 1.18 bits per heavy atom. The first kappa shape index (κ1) is 15.3. The predicted octanol–water partition coefficient (Wildman–Crippen LogP) is 4.84. The van der Waals surface area contributed by atoms with Crippen LogP contribution in [0.15, 0.2) is 47.4 Å². The van der Waals surface area contributed by atoms with Gasteiger partial charge in [0.05, 0.1) is 4.91 Å². The van der Waals surface area contributed by atoms with Crippen LogP contribution in [0.25, 0.3) is 16.8 Å². The van der Waals surface area contributed by atoms with E-state index in [1.54, 1.807) is 4.90 Å². The summed E-state index contributed by atoms with van der Waals surface area (Å²) in [5.41, 5.74) is 1.06. The summed E-state index contributed by atoms with van der Waals surface area (Å²) >= 11 is 6.75. The zero-order valence-electron chi connectivity index (χ0n) is 12.4. The van der Waals surface area contributed by atoms with E-state index in [9.17, 15) is 4.79 Å². The van der Waals surface area contributed by atoms with Crippen molar-refractivity contribution in [2.45, 2.75) is 19.8 Å². The van der Waals surface area contributed by atoms with E-state index in [0.717, 1.165) is 28.7 Å². The monoisotopic (exact) mass is 327 g/mol. The molecule has 112 valence electrons. The Kier molecular flexibility index (Phi) is 4.60. The van der Waals surface area contributed by atoms with Gasteiger partial charge in [0.1, 0.15) is 4.32 Å². The van der Waals surface area contributed by atoms with E-state index in [4.69, 9.17) is 12.2 Å². The quantitative estimate of drug-likeness (QED) is 0.592. The second-order valence-corrected chi connectivity index (χ2v) is 6.93. The lowest BCUT2D eigenvalue weighted by Gasteiger charge is -2.13. The first-order valence-electron chi connectivity index (χ1n) is 7.44. The van der Waals surface area contributed by atoms with Gasteiger partial charge in [0.15, 0.2) is 0 Å². The summed E-state index contributed by atoms with van der Waals surface area (Å²) in [6, 6.07) is 14.4. The van der Waals surface area contributed by atoms with Crippen molar-refractivity contribution < 1.29 is 4.79 Å². The van der Waals surface area contributed by atoms with Crippen LogP contribution < -0.4 is 0 Å². The number of amides is 1. The molecule has 2 nitrogen and oxygen atoms in total. The summed E-state index contributed by atoms with van der Waals surface area (Å²) in [7, 11) is 0. The van der Waals surface area contributed by atoms with Gasteiger partial charge in [-0.15, -0.1) is 0 Å². The van der Waals surface area contributed by atoms with Crippen LogP contribution in [0, 0.1) is 0 Å². The molecule has 1 aliphatic rings. The topological polar surface area (TPSA) is 20.3 Å². The largest absolute Gasteiger partial charge is 0.293 e. The van der Waals surface area contributed by atoms with E-state index in [2.05, 4.69) is 25.1 Å². The van der Waals surface area contributed by atoms with E-state index in [0.29, 0.717) is 10.9 Å². The molecule has 3 rings (SSSR count). The van der Waals surface area contributed by atoms with Crippen LogP contribution in [-0.2, 0) is 4.79 Å². The number of carbonyl (C=O) groups excluding carboxylic acids is 1. The standard InChI is InChI=1S/C18H17NOS2/c1-2-3-11-19-17(20)16(22-18(19)21)12-14-9-6-8-13-7-4-5-10-15(13)14/h4-10,12H,2-3,11H2,1H3. The SMILES string of the molecule is CCCCN1C(=O)C(=Cc2cccc3ccccc23)SC1=S. The third-order valence-corrected chi connectivity index (χ3v) is 5.10. The number of fused-ring (bicyclic) bond motifs is 1. The van der Waals surface area contributed by atoms with Crippen molar-refractivity contribution in [2.24, 2.45) is 0 Å². The Balaban J connectivity index is 1.95. The van der Waals surface area contributed by atoms with E-state index in [1.165, 1.54) is 17.1 Å². The fourth-order valence-corrected chi connectivity index (χ4v) is 3.83. The Labute approximate surface area is 140 Å². The lowest BCUT2D eigenvalue weighted by Crippen LogP contribution is -2.28. The molecule has 0 N–H and O–H groups in total. The highest BCUT2D eigenvalue weighted by molar-refractivity contribution is 8.26. The molecule has 1 heterocycles. The second kappa shape index (κ2) is 6.63. The van der Waals surface area contributed by atoms with Crippen LogP contribution in [0.2, 0.25) is 0 Å². The molecule has 1 amide bonds. The molecule has 2 aromatic rings. The molecule has 0 unspecified atom stereocenters. The molecule has 1 aliphatic heterocycles. The Bertz CT molecular complexity index is 761. The number of benzene rings is 2. The van der Waals surface area contributed by atoms with Crippen molar-refractivity contribution in [3.8, 4) is 0 Å². The van der Waals surface area contributed by atoms with Gasteiger partial charge in [-0.1, -0.05) is 79.8 Å². The van der Waals surface area contributed by atoms with Crippen molar-refractivity contribution in [3.63, 3.8) is 0 Å². The van der Waals surface area contributed by atoms with Crippen LogP contribution in [0.4, 0.5) is 0 Å². The maximum Gasteiger partial charge on any atom is 0.266 e. The molecule has 0 bridgehead atoms. The molecular formula is C18H17NOS2. The minimum absolute atomic E-state index is 0.0383. The molecule has 22 heavy (non-hydrogen) atoms. The molecule has 1 fully saturated rings. The summed E-state index contributed by atoms with van der Waals surface area (Å²) < 4.78 is 0.671. The highest BCUT2D eigenvalue weighted by atomic mass is 32.2. The summed E-state index contributed by atoms with van der Waals surface area (Å²) in [5, 5.41) is 2.33. The average Bonchev–Trinajstić information content (AvgIpc) is 2.80. The maximum absolute atomic E-state index is 12.5. The van der Waals surface area contributed by atoms with Gasteiger partial charge in [0.2, 0.25) is 0 Å². The van der Waals surface area contributed by atoms with Crippen LogP contribution in [0.1, 0.15) is 25.3 Å². The van der Waals surface area contributed by atoms with Gasteiger partial charge in [-0.25, -0.2) is 0 Å². The van der Waals surface area contributed by atoms with Crippen LogP contribution in [0.3, 0.4) is 0 Å². The van der Waals surface area contributed by atoms with Gasteiger partial charge in [0, 0.05) is 6.54 Å². The molecule has 2 aromatic carbocycles. The van der Waals surface area contributed by atoms with Crippen molar-refractivity contribution >= 4 is 51.1 Å². The zero-order chi connectivity index (χ0) is 15.5. The minimum Gasteiger partial charge on any atom is -0.293 e. The van der Waals surface area contributed by atoms with E-state index >= 15 is 0 Å². The smallest absolute Gasteiger partial charge is 0.266 e. The molecule has 1 saturated heterocycles. The van der Waals surface area contributed by atoms with Crippen molar-refractivity contribution in [2.75, 3.05) is 6.54 Å². The van der Waals surface area contributed by atoms with Crippen molar-refractivity contribution in [1.29, 1.82) is 0 Å². The molecule has 0 aromatic heterocycles. The highest BCUT2D eigenvalue weighted by Gasteiger charge is 2.31. The second-order valence-electron chi connectivity index (χ2n) is 5.26. The van der Waals surface area contributed by atoms with Gasteiger partial charge >= 0.3 is 0 Å². The third-order valence-electron chi connectivity index (χ3n) is 3.72. The summed E-state index contributed by atoms with van der Waals surface area (Å²) in [4.78, 5) is 15.0. The lowest BCUT2D eigenvalue weighted by atomic mass is 10.0. The van der Waals surface area contributed by atoms with Gasteiger partial charge in [-0.2, -0.15) is 0 Å². The molecule has 0 atom stereocenters. The highest BCUT2D eigenvalue weighted by Crippen LogP contribution is 2.33. The number of rotatable bonds is 4. The van der Waals surface area contributed by atoms with E-state index < -0.39 is 0 Å². The number of thioether (sulfide) groups is 1. The number of thiocarbonyl (C=S) groups is 1. The first-order valence-corrected chi connectivity index (χ1v) is 8.66. The van der Waals surface area contributed by atoms with Crippen LogP contribution in [-0.4, -0.2) is 21.7 Å². The average molecular weight is 327 g/mol. The molecule has 0 radical (unpaired) electrons. The van der Waals surface area contributed by atoms with Crippen molar-refractivity contribution in [3.05, 3.63) is 52.9 Å². The lowest BCUT2D eigenvalue weighted by molar-refractivity contribution is -0.122. The number of hydrogen-bond donors (Lipinski definition) is 0. The zero-order valence-corrected chi connectivity index (χ0v) is 14.0. The maximum atomic E-state index is 12.5. The number of unbranched alkanes of at least 4 members (excludes halogenated alkanes) is 1. The summed E-state index contributed by atoms with van der Waals surface area (Å²) in [5.74, 6) is 0.0383. The van der Waals surface area contributed by atoms with Gasteiger partial charge < -0.3 is 0 Å². The fraction of sp³-hybridized carbons (Fsp3) is 0.222. The molecule has 0 spiro atoms. The summed E-state index contributed by atoms with van der Waals surface area (Å²) in [6.45, 7) is 2.83. The first-order chi connectivity index (χ1) is 10.7. The summed E-state index contributed by atoms with van der Waals surface area (Å²) in [6.07, 6.45) is 4.00. The van der Waals surface area contributed by atoms with Crippen molar-refractivity contribution in [1.82, 2.24) is 4.90 Å². The van der Waals surface area contributed by atoms with Gasteiger partial charge in [0.25, 0.3) is 5.91 Å². The Morgan fingerprint density at radius 2 is 1.95 bits per heavy atom. The molecule has 0 aliphatic carbocycles. The Hall–Kier alpha value is -1.65. The Morgan fingerprint density at radius 3 is 2.77 bits per heavy atom. The predicted molar refractivity (Wildman–Crippen MR) is 98.7 cm³/mol. The van der Waals surface area contributed by atoms with Crippen LogP contribution in [0.5, 0.6) is 0 Å². The van der Waals surface area contributed by atoms with Gasteiger partial charge in [-0.3, -0.25) is 9.69 Å². The molecule has 4 heteroatoms. The molecular weight excluding hydrogens is 310 g/mol. The fourth-order valence-electron chi connectivity index (χ4n) is 2.53. The van der Waals surface area contributed by atoms with E-state index in [-0.39, 0.29) is 5.91 Å². The van der Waals surface area contributed by atoms with Crippen LogP contribution >= 0.6 is 24.0 Å². The normalized spacial score (nSPS) is 17.0. The van der Waals surface area contributed by atoms with E-state index in [1.807, 2.05) is 30.3 Å². The minimum atomic E-state index is 0.0383. The number of hydrogen-bond acceptors (Lipinski definition) is 3.